The maximum absolute atomic E-state index is 5.99. The van der Waals surface area contributed by atoms with Gasteiger partial charge >= 0.3 is 0 Å². The molecule has 0 aliphatic rings. The van der Waals surface area contributed by atoms with E-state index in [0.717, 1.165) is 23.2 Å². The molecule has 0 fully saturated rings. The van der Waals surface area contributed by atoms with Crippen molar-refractivity contribution in [2.24, 2.45) is 5.84 Å². The number of nitrogens with one attached hydrogen (secondary N) is 1. The Hall–Kier alpha value is -1.36. The summed E-state index contributed by atoms with van der Waals surface area (Å²) in [7, 11) is 0. The van der Waals surface area contributed by atoms with Crippen molar-refractivity contribution in [2.45, 2.75) is 20.3 Å². The van der Waals surface area contributed by atoms with Gasteiger partial charge in [0, 0.05) is 26.9 Å². The Morgan fingerprint density at radius 1 is 1.16 bits per heavy atom. The summed E-state index contributed by atoms with van der Waals surface area (Å²) in [6.45, 7) is 3.96. The lowest BCUT2D eigenvalue weighted by Crippen LogP contribution is -2.13. The molecule has 0 spiro atoms. The summed E-state index contributed by atoms with van der Waals surface area (Å²) in [5.74, 6) is 6.68. The molecule has 0 radical (unpaired) electrons. The van der Waals surface area contributed by atoms with Crippen LogP contribution >= 0.6 is 23.2 Å². The molecule has 1 aromatic carbocycles. The third-order valence-corrected chi connectivity index (χ3v) is 3.26. The number of rotatable bonds is 3. The largest absolute Gasteiger partial charge is 0.308 e. The normalized spacial score (nSPS) is 10.6. The van der Waals surface area contributed by atoms with E-state index in [-0.39, 0.29) is 0 Å². The average molecular weight is 297 g/mol. The Morgan fingerprint density at radius 2 is 1.79 bits per heavy atom. The zero-order valence-corrected chi connectivity index (χ0v) is 12.2. The van der Waals surface area contributed by atoms with Gasteiger partial charge in [0.25, 0.3) is 0 Å². The van der Waals surface area contributed by atoms with Gasteiger partial charge in [-0.3, -0.25) is 0 Å². The first-order valence-corrected chi connectivity index (χ1v) is 6.61. The lowest BCUT2D eigenvalue weighted by atomic mass is 10.1. The predicted molar refractivity (Wildman–Crippen MR) is 79.4 cm³/mol. The molecule has 2 rings (SSSR count). The molecule has 1 aromatic heterocycles. The van der Waals surface area contributed by atoms with E-state index in [1.165, 1.54) is 0 Å². The van der Waals surface area contributed by atoms with Crippen molar-refractivity contribution >= 4 is 29.0 Å². The monoisotopic (exact) mass is 296 g/mol. The number of aryl methyl sites for hydroxylation is 1. The van der Waals surface area contributed by atoms with Crippen LogP contribution in [0, 0.1) is 6.92 Å². The fourth-order valence-corrected chi connectivity index (χ4v) is 2.48. The van der Waals surface area contributed by atoms with E-state index in [1.807, 2.05) is 13.8 Å². The molecule has 19 heavy (non-hydrogen) atoms. The minimum Gasteiger partial charge on any atom is -0.308 e. The van der Waals surface area contributed by atoms with Crippen LogP contribution in [0.3, 0.4) is 0 Å². The molecule has 0 unspecified atom stereocenters. The summed E-state index contributed by atoms with van der Waals surface area (Å²) < 4.78 is 0. The van der Waals surface area contributed by atoms with Crippen LogP contribution in [0.15, 0.2) is 18.2 Å². The first-order chi connectivity index (χ1) is 9.05. The summed E-state index contributed by atoms with van der Waals surface area (Å²) in [4.78, 5) is 8.89. The quantitative estimate of drug-likeness (QED) is 0.671. The standard InChI is InChI=1S/C13H14Cl2N4/c1-3-11-7(2)17-12(18-13(11)19-16)8-4-9(14)6-10(15)5-8/h4-6H,3,16H2,1-2H3,(H,17,18,19). The maximum atomic E-state index is 5.99. The van der Waals surface area contributed by atoms with Gasteiger partial charge in [-0.2, -0.15) is 0 Å². The van der Waals surface area contributed by atoms with Gasteiger partial charge < -0.3 is 5.43 Å². The fraction of sp³-hybridized carbons (Fsp3) is 0.231. The number of hydrogen-bond donors (Lipinski definition) is 2. The molecule has 6 heteroatoms. The molecule has 0 aliphatic carbocycles. The molecular weight excluding hydrogens is 283 g/mol. The summed E-state index contributed by atoms with van der Waals surface area (Å²) in [5.41, 5.74) is 5.26. The van der Waals surface area contributed by atoms with Crippen molar-refractivity contribution in [1.82, 2.24) is 9.97 Å². The summed E-state index contributed by atoms with van der Waals surface area (Å²) in [5, 5.41) is 1.09. The van der Waals surface area contributed by atoms with E-state index in [1.54, 1.807) is 18.2 Å². The van der Waals surface area contributed by atoms with E-state index in [2.05, 4.69) is 15.4 Å². The number of aromatic nitrogens is 2. The number of hydrogen-bond acceptors (Lipinski definition) is 4. The van der Waals surface area contributed by atoms with Gasteiger partial charge in [-0.05, 0) is 31.5 Å². The van der Waals surface area contributed by atoms with Crippen molar-refractivity contribution in [1.29, 1.82) is 0 Å². The minimum absolute atomic E-state index is 0.547. The van der Waals surface area contributed by atoms with Crippen molar-refractivity contribution in [3.63, 3.8) is 0 Å². The molecule has 0 amide bonds. The second-order valence-electron chi connectivity index (χ2n) is 4.12. The van der Waals surface area contributed by atoms with Crippen molar-refractivity contribution in [2.75, 3.05) is 5.43 Å². The predicted octanol–water partition coefficient (Wildman–Crippen LogP) is 3.61. The second-order valence-corrected chi connectivity index (χ2v) is 4.99. The van der Waals surface area contributed by atoms with Crippen molar-refractivity contribution in [3.05, 3.63) is 39.5 Å². The number of anilines is 1. The van der Waals surface area contributed by atoms with Crippen LogP contribution in [0.25, 0.3) is 11.4 Å². The summed E-state index contributed by atoms with van der Waals surface area (Å²) >= 11 is 12.0. The molecule has 100 valence electrons. The van der Waals surface area contributed by atoms with Gasteiger partial charge in [-0.25, -0.2) is 15.8 Å². The van der Waals surface area contributed by atoms with Crippen LogP contribution in [-0.4, -0.2) is 9.97 Å². The molecule has 0 aliphatic heterocycles. The van der Waals surface area contributed by atoms with Gasteiger partial charge in [-0.15, -0.1) is 0 Å². The van der Waals surface area contributed by atoms with Gasteiger partial charge in [0.05, 0.1) is 0 Å². The first-order valence-electron chi connectivity index (χ1n) is 5.85. The lowest BCUT2D eigenvalue weighted by Gasteiger charge is -2.11. The zero-order valence-electron chi connectivity index (χ0n) is 10.7. The van der Waals surface area contributed by atoms with E-state index in [4.69, 9.17) is 29.0 Å². The van der Waals surface area contributed by atoms with Crippen LogP contribution in [0.1, 0.15) is 18.2 Å². The fourth-order valence-electron chi connectivity index (χ4n) is 1.95. The maximum Gasteiger partial charge on any atom is 0.161 e. The Kier molecular flexibility index (Phi) is 4.24. The van der Waals surface area contributed by atoms with Crippen LogP contribution in [0.5, 0.6) is 0 Å². The van der Waals surface area contributed by atoms with E-state index in [0.29, 0.717) is 21.7 Å². The highest BCUT2D eigenvalue weighted by atomic mass is 35.5. The molecule has 0 saturated heterocycles. The molecule has 3 N–H and O–H groups in total. The van der Waals surface area contributed by atoms with Crippen molar-refractivity contribution in [3.8, 4) is 11.4 Å². The van der Waals surface area contributed by atoms with Crippen LogP contribution in [-0.2, 0) is 6.42 Å². The Morgan fingerprint density at radius 3 is 2.32 bits per heavy atom. The molecular formula is C13H14Cl2N4. The Balaban J connectivity index is 2.59. The molecule has 0 bridgehead atoms. The van der Waals surface area contributed by atoms with Crippen LogP contribution in [0.4, 0.5) is 5.82 Å². The Bertz CT molecular complexity index is 594. The van der Waals surface area contributed by atoms with E-state index >= 15 is 0 Å². The molecule has 0 atom stereocenters. The molecule has 4 nitrogen and oxygen atoms in total. The molecule has 2 aromatic rings. The van der Waals surface area contributed by atoms with E-state index in [9.17, 15) is 0 Å². The minimum atomic E-state index is 0.547. The highest BCUT2D eigenvalue weighted by molar-refractivity contribution is 6.35. The van der Waals surface area contributed by atoms with Crippen molar-refractivity contribution < 1.29 is 0 Å². The first kappa shape index (κ1) is 14.1. The average Bonchev–Trinajstić information content (AvgIpc) is 2.36. The summed E-state index contributed by atoms with van der Waals surface area (Å²) in [6, 6.07) is 5.21. The van der Waals surface area contributed by atoms with Crippen LogP contribution < -0.4 is 11.3 Å². The highest BCUT2D eigenvalue weighted by Crippen LogP contribution is 2.27. The van der Waals surface area contributed by atoms with Crippen LogP contribution in [0.2, 0.25) is 10.0 Å². The van der Waals surface area contributed by atoms with Gasteiger partial charge in [-0.1, -0.05) is 30.1 Å². The SMILES string of the molecule is CCc1c(C)nc(-c2cc(Cl)cc(Cl)c2)nc1NN. The molecule has 1 heterocycles. The number of benzene rings is 1. The Labute approximate surface area is 121 Å². The van der Waals surface area contributed by atoms with Gasteiger partial charge in [0.15, 0.2) is 5.82 Å². The number of nitrogen functional groups attached to an aromatic ring is 1. The smallest absolute Gasteiger partial charge is 0.161 e. The van der Waals surface area contributed by atoms with Gasteiger partial charge in [0.2, 0.25) is 0 Å². The molecule has 0 saturated carbocycles. The topological polar surface area (TPSA) is 63.8 Å². The number of nitrogens with zero attached hydrogens (tertiary/aromatic N) is 2. The summed E-state index contributed by atoms with van der Waals surface area (Å²) in [6.07, 6.45) is 0.807. The zero-order chi connectivity index (χ0) is 14.0. The second kappa shape index (κ2) is 5.74. The highest BCUT2D eigenvalue weighted by Gasteiger charge is 2.11. The number of hydrazine groups is 1. The lowest BCUT2D eigenvalue weighted by molar-refractivity contribution is 0.995. The number of nitrogens with two attached hydrogens (primary N) is 1. The van der Waals surface area contributed by atoms with E-state index < -0.39 is 0 Å². The third-order valence-electron chi connectivity index (χ3n) is 2.82. The number of halogens is 2. The third kappa shape index (κ3) is 2.97. The van der Waals surface area contributed by atoms with Gasteiger partial charge in [0.1, 0.15) is 5.82 Å².